The number of nitrogens with zero attached hydrogens (tertiary/aromatic N) is 2. The summed E-state index contributed by atoms with van der Waals surface area (Å²) in [6, 6.07) is 11.9. The molecule has 10 heteroatoms. The lowest BCUT2D eigenvalue weighted by Gasteiger charge is -2.33. The molecule has 1 aliphatic carbocycles. The third-order valence-corrected chi connectivity index (χ3v) is 8.00. The molecule has 0 radical (unpaired) electrons. The van der Waals surface area contributed by atoms with Crippen molar-refractivity contribution < 1.29 is 45.0 Å². The van der Waals surface area contributed by atoms with Gasteiger partial charge in [0.25, 0.3) is 5.91 Å². The number of hydrogen-bond acceptors (Lipinski definition) is 6. The SMILES string of the molecule is [2H]C1([2H])N(c2ccc3c(-c4cc(C(=O)NCCOCCOCCCCCCCl)ccc4C(=O)O)c4ccc(=[N+]5C([2H])([2H])C([2H])([2H])C5([2H])[2H])cc-4oc3c2)C([2H])([2H])C1([2H])[2H]. The zero-order chi connectivity index (χ0) is 43.3. The second-order valence-corrected chi connectivity index (χ2v) is 11.2. The van der Waals surface area contributed by atoms with Gasteiger partial charge in [-0.05, 0) is 61.2 Å². The molecular formula is C37H43ClN3O6+. The summed E-state index contributed by atoms with van der Waals surface area (Å²) in [7, 11) is 0. The van der Waals surface area contributed by atoms with E-state index >= 15 is 0 Å². The van der Waals surface area contributed by atoms with Gasteiger partial charge in [-0.3, -0.25) is 4.79 Å². The average Bonchev–Trinajstić information content (AvgIpc) is 3.16. The van der Waals surface area contributed by atoms with E-state index in [1.165, 1.54) is 54.6 Å². The van der Waals surface area contributed by atoms with E-state index in [9.17, 15) is 14.7 Å². The molecule has 2 fully saturated rings. The lowest BCUT2D eigenvalue weighted by molar-refractivity contribution is 0.0468. The predicted octanol–water partition coefficient (Wildman–Crippen LogP) is 5.85. The Morgan fingerprint density at radius 1 is 0.915 bits per heavy atom. The van der Waals surface area contributed by atoms with Crippen LogP contribution in [0, 0.1) is 0 Å². The number of alkyl halides is 1. The van der Waals surface area contributed by atoms with E-state index in [4.69, 9.17) is 41.9 Å². The molecular weight excluding hydrogens is 618 g/mol. The lowest BCUT2D eigenvalue weighted by Crippen LogP contribution is -2.40. The highest BCUT2D eigenvalue weighted by atomic mass is 35.5. The molecule has 3 heterocycles. The molecule has 248 valence electrons. The van der Waals surface area contributed by atoms with Crippen molar-refractivity contribution in [3.05, 3.63) is 71.1 Å². The van der Waals surface area contributed by atoms with Gasteiger partial charge in [0.1, 0.15) is 29.8 Å². The molecule has 1 amide bonds. The van der Waals surface area contributed by atoms with E-state index in [1.807, 2.05) is 0 Å². The van der Waals surface area contributed by atoms with Crippen molar-refractivity contribution in [2.75, 3.05) is 69.7 Å². The summed E-state index contributed by atoms with van der Waals surface area (Å²) in [5.74, 6) is -1.34. The minimum atomic E-state index is -2.91. The molecule has 3 aliphatic heterocycles. The van der Waals surface area contributed by atoms with Crippen LogP contribution < -0.4 is 20.1 Å². The fraction of sp³-hybridized carbons (Fsp3) is 0.432. The lowest BCUT2D eigenvalue weighted by atomic mass is 9.89. The standard InChI is InChI=1S/C37H42ClN3O6/c38-13-3-1-2-4-19-45-21-22-46-20-14-39-36(42)26-7-10-29(37(43)44)32(23-26)35-30-11-8-27(40-15-5-16-40)24-33(30)47-34-25-28(9-12-31(34)35)41-17-6-18-41/h7-12,23-25H,1-6,13-22H2,(H-,39,42,43,44)/p+1/i5D2,6D2,15D2,16D2,17D2,18D2. The smallest absolute Gasteiger partial charge is 0.336 e. The molecule has 0 atom stereocenters. The first-order valence-electron chi connectivity index (χ1n) is 21.4. The molecule has 2 aromatic rings. The molecule has 0 unspecified atom stereocenters. The van der Waals surface area contributed by atoms with E-state index in [2.05, 4.69) is 5.32 Å². The number of amides is 1. The van der Waals surface area contributed by atoms with Crippen LogP contribution in [0.5, 0.6) is 0 Å². The quantitative estimate of drug-likeness (QED) is 0.0666. The number of carboxylic acid groups (broad SMARTS) is 1. The van der Waals surface area contributed by atoms with Crippen molar-refractivity contribution >= 4 is 40.1 Å². The second-order valence-electron chi connectivity index (χ2n) is 10.9. The van der Waals surface area contributed by atoms with E-state index in [0.717, 1.165) is 25.7 Å². The maximum atomic E-state index is 13.4. The van der Waals surface area contributed by atoms with Gasteiger partial charge in [-0.25, -0.2) is 9.37 Å². The van der Waals surface area contributed by atoms with E-state index < -0.39 is 50.6 Å². The summed E-state index contributed by atoms with van der Waals surface area (Å²) < 4.78 is 117. The Hall–Kier alpha value is -3.92. The van der Waals surface area contributed by atoms with E-state index in [-0.39, 0.29) is 68.7 Å². The van der Waals surface area contributed by atoms with Crippen LogP contribution in [-0.2, 0) is 9.47 Å². The molecule has 0 bridgehead atoms. The van der Waals surface area contributed by atoms with E-state index in [1.54, 1.807) is 0 Å². The molecule has 9 nitrogen and oxygen atoms in total. The van der Waals surface area contributed by atoms with Crippen LogP contribution >= 0.6 is 11.6 Å². The number of aromatic carboxylic acids is 1. The molecule has 2 N–H and O–H groups in total. The first-order valence-corrected chi connectivity index (χ1v) is 15.9. The number of fused-ring (bicyclic) bond motifs is 2. The Kier molecular flexibility index (Phi) is 7.10. The van der Waals surface area contributed by atoms with Crippen molar-refractivity contribution in [3.63, 3.8) is 0 Å². The number of anilines is 1. The number of carbonyl (C=O) groups is 2. The number of rotatable bonds is 16. The molecule has 4 aliphatic rings. The Balaban J connectivity index is 1.38. The average molecular weight is 673 g/mol. The Labute approximate surface area is 296 Å². The number of halogens is 1. The van der Waals surface area contributed by atoms with Crippen LogP contribution in [0.2, 0.25) is 0 Å². The van der Waals surface area contributed by atoms with Crippen LogP contribution in [-0.4, -0.2) is 81.8 Å². The van der Waals surface area contributed by atoms with Crippen LogP contribution in [0.4, 0.5) is 5.69 Å². The Morgan fingerprint density at radius 3 is 2.53 bits per heavy atom. The van der Waals surface area contributed by atoms with Gasteiger partial charge in [-0.1, -0.05) is 12.8 Å². The molecule has 0 aromatic heterocycles. The minimum Gasteiger partial charge on any atom is -0.478 e. The first-order chi connectivity index (χ1) is 27.6. The van der Waals surface area contributed by atoms with Gasteiger partial charge in [0.05, 0.1) is 37.8 Å². The van der Waals surface area contributed by atoms with Gasteiger partial charge in [-0.15, -0.1) is 11.6 Å². The first kappa shape index (κ1) is 21.1. The molecule has 47 heavy (non-hydrogen) atoms. The topological polar surface area (TPSA) is 104 Å². The van der Waals surface area contributed by atoms with Crippen LogP contribution in [0.15, 0.2) is 59.0 Å². The molecule has 2 saturated heterocycles. The molecule has 0 spiro atoms. The number of unbranched alkanes of at least 4 members (excludes halogenated alkanes) is 3. The minimum absolute atomic E-state index is 0.0318. The maximum absolute atomic E-state index is 13.4. The number of ether oxygens (including phenoxy) is 2. The van der Waals surface area contributed by atoms with Crippen molar-refractivity contribution in [2.45, 2.75) is 38.4 Å². The highest BCUT2D eigenvalue weighted by molar-refractivity contribution is 6.17. The number of nitrogens with one attached hydrogen (secondary N) is 1. The zero-order valence-electron chi connectivity index (χ0n) is 37.5. The number of carboxylic acids is 1. The van der Waals surface area contributed by atoms with Gasteiger partial charge in [0.2, 0.25) is 5.36 Å². The summed E-state index contributed by atoms with van der Waals surface area (Å²) in [5, 5.41) is 13.2. The van der Waals surface area contributed by atoms with Crippen molar-refractivity contribution in [1.82, 2.24) is 9.89 Å². The molecule has 6 rings (SSSR count). The number of hydrogen-bond donors (Lipinski definition) is 2. The fourth-order valence-corrected chi connectivity index (χ4v) is 5.50. The highest BCUT2D eigenvalue weighted by Gasteiger charge is 2.25. The maximum Gasteiger partial charge on any atom is 0.336 e. The van der Waals surface area contributed by atoms with Gasteiger partial charge < -0.3 is 29.2 Å². The number of carbonyl (C=O) groups excluding carboxylic acids is 1. The molecule has 2 aromatic carbocycles. The highest BCUT2D eigenvalue weighted by Crippen LogP contribution is 2.42. The molecule has 0 saturated carbocycles. The van der Waals surface area contributed by atoms with Crippen LogP contribution in [0.25, 0.3) is 33.4 Å². The zero-order valence-corrected chi connectivity index (χ0v) is 26.3. The third-order valence-electron chi connectivity index (χ3n) is 7.73. The van der Waals surface area contributed by atoms with Gasteiger partial charge in [0.15, 0.2) is 0 Å². The van der Waals surface area contributed by atoms with Crippen molar-refractivity contribution in [3.8, 4) is 22.5 Å². The summed E-state index contributed by atoms with van der Waals surface area (Å²) in [6.45, 7) is -9.59. The van der Waals surface area contributed by atoms with Gasteiger partial charge in [-0.2, -0.15) is 0 Å². The largest absolute Gasteiger partial charge is 0.478 e. The normalized spacial score (nSPS) is 24.5. The van der Waals surface area contributed by atoms with Crippen LogP contribution in [0.1, 0.15) is 75.6 Å². The van der Waals surface area contributed by atoms with Crippen molar-refractivity contribution in [1.29, 1.82) is 0 Å². The monoisotopic (exact) mass is 672 g/mol. The Bertz CT molecular complexity index is 2270. The van der Waals surface area contributed by atoms with E-state index in [0.29, 0.717) is 35.2 Å². The summed E-state index contributed by atoms with van der Waals surface area (Å²) in [5.41, 5.74) is 0.0627. The summed E-state index contributed by atoms with van der Waals surface area (Å²) in [4.78, 5) is 26.7. The predicted molar refractivity (Wildman–Crippen MR) is 185 cm³/mol. The second kappa shape index (κ2) is 15.8. The van der Waals surface area contributed by atoms with Crippen LogP contribution in [0.3, 0.4) is 0 Å². The Morgan fingerprint density at radius 2 is 1.72 bits per heavy atom. The number of benzene rings is 3. The summed E-state index contributed by atoms with van der Waals surface area (Å²) in [6.07, 6.45) is -1.84. The van der Waals surface area contributed by atoms with Gasteiger partial charge >= 0.3 is 5.97 Å². The summed E-state index contributed by atoms with van der Waals surface area (Å²) >= 11 is 5.69. The fourth-order valence-electron chi connectivity index (χ4n) is 5.31. The van der Waals surface area contributed by atoms with Crippen molar-refractivity contribution in [2.24, 2.45) is 0 Å². The van der Waals surface area contributed by atoms with Gasteiger partial charge in [0, 0.05) is 82.9 Å². The third kappa shape index (κ3) is 7.80.